The maximum absolute atomic E-state index is 6.07. The van der Waals surface area contributed by atoms with Crippen molar-refractivity contribution < 1.29 is 40.8 Å². The van der Waals surface area contributed by atoms with Gasteiger partial charge < -0.3 is 40.8 Å². The Balaban J connectivity index is 1.98. The molecule has 4 atom stereocenters. The van der Waals surface area contributed by atoms with Crippen LogP contribution in [0, 0.1) is 0 Å². The van der Waals surface area contributed by atoms with Gasteiger partial charge in [0.15, 0.2) is 10.4 Å². The van der Waals surface area contributed by atoms with E-state index in [2.05, 4.69) is 13.8 Å². The molecule has 9 nitrogen and oxygen atoms in total. The SMILES string of the molecule is CCCC1([Si](OC)(OC)OC)OC1COCC1OC1(CCC)[Si](OC)(OC)OC. The minimum absolute atomic E-state index is 0.137. The van der Waals surface area contributed by atoms with Crippen molar-refractivity contribution in [2.45, 2.75) is 62.2 Å². The van der Waals surface area contributed by atoms with Crippen molar-refractivity contribution in [2.75, 3.05) is 55.9 Å². The summed E-state index contributed by atoms with van der Waals surface area (Å²) in [5.74, 6) is 0. The highest BCUT2D eigenvalue weighted by molar-refractivity contribution is 6.65. The van der Waals surface area contributed by atoms with Crippen LogP contribution in [0.5, 0.6) is 0 Å². The van der Waals surface area contributed by atoms with Gasteiger partial charge in [0.2, 0.25) is 0 Å². The van der Waals surface area contributed by atoms with Gasteiger partial charge in [-0.3, -0.25) is 0 Å². The third-order valence-electron chi connectivity index (χ3n) is 6.06. The molecule has 0 aliphatic carbocycles. The number of ether oxygens (including phenoxy) is 3. The zero-order valence-corrected chi connectivity index (χ0v) is 21.1. The molecule has 0 bridgehead atoms. The normalized spacial score (nSPS) is 31.9. The highest BCUT2D eigenvalue weighted by Crippen LogP contribution is 2.51. The van der Waals surface area contributed by atoms with Crippen molar-refractivity contribution >= 4 is 17.6 Å². The molecule has 2 aliphatic rings. The van der Waals surface area contributed by atoms with Gasteiger partial charge in [-0.25, -0.2) is 0 Å². The summed E-state index contributed by atoms with van der Waals surface area (Å²) in [6.45, 7) is 5.02. The molecule has 0 radical (unpaired) electrons. The van der Waals surface area contributed by atoms with Crippen molar-refractivity contribution in [1.82, 2.24) is 0 Å². The molecule has 0 aromatic rings. The van der Waals surface area contributed by atoms with E-state index in [-0.39, 0.29) is 12.2 Å². The Morgan fingerprint density at radius 1 is 0.621 bits per heavy atom. The summed E-state index contributed by atoms with van der Waals surface area (Å²) in [7, 11) is 3.74. The molecule has 2 aliphatic heterocycles. The predicted octanol–water partition coefficient (Wildman–Crippen LogP) is 1.71. The van der Waals surface area contributed by atoms with E-state index in [0.29, 0.717) is 13.2 Å². The van der Waals surface area contributed by atoms with Gasteiger partial charge in [0.1, 0.15) is 12.2 Å². The van der Waals surface area contributed by atoms with Crippen LogP contribution in [0.2, 0.25) is 0 Å². The molecule has 2 rings (SSSR count). The van der Waals surface area contributed by atoms with E-state index >= 15 is 0 Å². The van der Waals surface area contributed by atoms with Crippen LogP contribution in [0.15, 0.2) is 0 Å². The fourth-order valence-electron chi connectivity index (χ4n) is 4.62. The van der Waals surface area contributed by atoms with Gasteiger partial charge in [0.05, 0.1) is 13.2 Å². The smallest absolute Gasteiger partial charge is 0.376 e. The highest BCUT2D eigenvalue weighted by atomic mass is 28.4. The van der Waals surface area contributed by atoms with Crippen molar-refractivity contribution in [1.29, 1.82) is 0 Å². The summed E-state index contributed by atoms with van der Waals surface area (Å²) < 4.78 is 52.3. The zero-order valence-electron chi connectivity index (χ0n) is 19.1. The number of epoxide rings is 2. The second kappa shape index (κ2) is 10.1. The van der Waals surface area contributed by atoms with Crippen LogP contribution in [0.4, 0.5) is 0 Å². The van der Waals surface area contributed by atoms with Crippen LogP contribution in [0.3, 0.4) is 0 Å². The second-order valence-electron chi connectivity index (χ2n) is 7.37. The average Bonchev–Trinajstić information content (AvgIpc) is 3.63. The van der Waals surface area contributed by atoms with Gasteiger partial charge in [-0.2, -0.15) is 0 Å². The summed E-state index contributed by atoms with van der Waals surface area (Å²) in [4.78, 5) is 0. The molecular formula is C18H38O9Si2. The van der Waals surface area contributed by atoms with Crippen molar-refractivity contribution in [3.05, 3.63) is 0 Å². The number of hydrogen-bond acceptors (Lipinski definition) is 9. The Morgan fingerprint density at radius 3 is 1.17 bits per heavy atom. The maximum Gasteiger partial charge on any atom is 0.536 e. The molecular weight excluding hydrogens is 416 g/mol. The van der Waals surface area contributed by atoms with Crippen LogP contribution < -0.4 is 0 Å². The lowest BCUT2D eigenvalue weighted by Crippen LogP contribution is -2.59. The van der Waals surface area contributed by atoms with Crippen LogP contribution >= 0.6 is 0 Å². The molecule has 29 heavy (non-hydrogen) atoms. The van der Waals surface area contributed by atoms with Crippen LogP contribution in [-0.2, 0) is 40.8 Å². The van der Waals surface area contributed by atoms with Crippen molar-refractivity contribution in [2.24, 2.45) is 0 Å². The Hall–Kier alpha value is 0.0738. The van der Waals surface area contributed by atoms with E-state index < -0.39 is 28.1 Å². The minimum Gasteiger partial charge on any atom is -0.376 e. The third-order valence-corrected chi connectivity index (χ3v) is 12.7. The summed E-state index contributed by atoms with van der Waals surface area (Å²) in [6, 6.07) is 0. The topological polar surface area (TPSA) is 89.7 Å². The summed E-state index contributed by atoms with van der Waals surface area (Å²) in [5, 5.41) is -1.12. The van der Waals surface area contributed by atoms with Gasteiger partial charge in [0.25, 0.3) is 0 Å². The van der Waals surface area contributed by atoms with E-state index in [1.165, 1.54) is 0 Å². The molecule has 0 aromatic heterocycles. The molecule has 0 aromatic carbocycles. The van der Waals surface area contributed by atoms with Crippen molar-refractivity contribution in [3.63, 3.8) is 0 Å². The second-order valence-corrected chi connectivity index (χ2v) is 13.7. The summed E-state index contributed by atoms with van der Waals surface area (Å²) in [6.07, 6.45) is 3.16. The Morgan fingerprint density at radius 2 is 0.931 bits per heavy atom. The van der Waals surface area contributed by atoms with E-state index in [1.54, 1.807) is 42.7 Å². The molecule has 0 spiro atoms. The highest BCUT2D eigenvalue weighted by Gasteiger charge is 2.77. The summed E-state index contributed by atoms with van der Waals surface area (Å²) >= 11 is 0. The standard InChI is InChI=1S/C18H38O9Si2/c1-9-11-17(28(19-3,20-4)21-5)15(26-17)13-25-14-16-18(27-16,12-10-2)29(22-6,23-7)24-8/h15-16H,9-14H2,1-8H3. The van der Waals surface area contributed by atoms with Crippen molar-refractivity contribution in [3.8, 4) is 0 Å². The molecule has 0 N–H and O–H groups in total. The van der Waals surface area contributed by atoms with Gasteiger partial charge >= 0.3 is 17.6 Å². The Bertz CT molecular complexity index is 457. The van der Waals surface area contributed by atoms with Crippen LogP contribution in [-0.4, -0.2) is 96.1 Å². The lowest BCUT2D eigenvalue weighted by Gasteiger charge is -2.31. The van der Waals surface area contributed by atoms with Crippen LogP contribution in [0.25, 0.3) is 0 Å². The van der Waals surface area contributed by atoms with Gasteiger partial charge in [-0.05, 0) is 12.8 Å². The van der Waals surface area contributed by atoms with Crippen LogP contribution in [0.1, 0.15) is 39.5 Å². The number of hydrogen-bond donors (Lipinski definition) is 0. The molecule has 2 fully saturated rings. The first kappa shape index (κ1) is 25.3. The fraction of sp³-hybridized carbons (Fsp3) is 1.00. The predicted molar refractivity (Wildman–Crippen MR) is 109 cm³/mol. The maximum atomic E-state index is 6.07. The molecule has 2 heterocycles. The first-order valence-electron chi connectivity index (χ1n) is 10.1. The van der Waals surface area contributed by atoms with Gasteiger partial charge in [0, 0.05) is 42.7 Å². The third kappa shape index (κ3) is 4.12. The zero-order chi connectivity index (χ0) is 21.8. The molecule has 172 valence electrons. The van der Waals surface area contributed by atoms with Gasteiger partial charge in [-0.15, -0.1) is 0 Å². The van der Waals surface area contributed by atoms with E-state index in [0.717, 1.165) is 25.7 Å². The minimum atomic E-state index is -2.95. The number of rotatable bonds is 16. The Labute approximate surface area is 176 Å². The molecule has 11 heteroatoms. The van der Waals surface area contributed by atoms with E-state index in [1.807, 2.05) is 0 Å². The molecule has 2 saturated heterocycles. The fourth-order valence-corrected chi connectivity index (χ4v) is 10.3. The molecule has 0 saturated carbocycles. The first-order chi connectivity index (χ1) is 13.9. The lowest BCUT2D eigenvalue weighted by molar-refractivity contribution is 0.0841. The van der Waals surface area contributed by atoms with Gasteiger partial charge in [-0.1, -0.05) is 26.7 Å². The largest absolute Gasteiger partial charge is 0.536 e. The average molecular weight is 455 g/mol. The Kier molecular flexibility index (Phi) is 8.85. The summed E-state index contributed by atoms with van der Waals surface area (Å²) in [5.41, 5.74) is 0. The molecule has 0 amide bonds. The lowest BCUT2D eigenvalue weighted by atomic mass is 10.2. The van der Waals surface area contributed by atoms with E-state index in [9.17, 15) is 0 Å². The monoisotopic (exact) mass is 454 g/mol. The first-order valence-corrected chi connectivity index (χ1v) is 13.6. The molecule has 4 unspecified atom stereocenters. The van der Waals surface area contributed by atoms with E-state index in [4.69, 9.17) is 40.8 Å². The quantitative estimate of drug-likeness (QED) is 0.255.